The van der Waals surface area contributed by atoms with E-state index in [0.29, 0.717) is 5.56 Å². The van der Waals surface area contributed by atoms with Crippen molar-refractivity contribution in [2.75, 3.05) is 0 Å². The van der Waals surface area contributed by atoms with Crippen LogP contribution in [0.4, 0.5) is 4.79 Å². The number of nitrogens with two attached hydrogens (primary N) is 1. The Labute approximate surface area is 127 Å². The number of benzene rings is 1. The Morgan fingerprint density at radius 2 is 2.14 bits per heavy atom. The first-order valence-electron chi connectivity index (χ1n) is 7.16. The first-order chi connectivity index (χ1) is 10.6. The SMILES string of the molecule is NC(=O)c1ccc(C2=CC(NC(=O)O)CCC2)c2cc[nH]c12. The van der Waals surface area contributed by atoms with Crippen molar-refractivity contribution in [3.8, 4) is 0 Å². The van der Waals surface area contributed by atoms with Crippen LogP contribution >= 0.6 is 0 Å². The smallest absolute Gasteiger partial charge is 0.405 e. The van der Waals surface area contributed by atoms with Crippen LogP contribution in [0.15, 0.2) is 30.5 Å². The van der Waals surface area contributed by atoms with E-state index in [9.17, 15) is 9.59 Å². The molecule has 2 aromatic rings. The van der Waals surface area contributed by atoms with Crippen LogP contribution in [-0.4, -0.2) is 28.1 Å². The average Bonchev–Trinajstić information content (AvgIpc) is 2.94. The standard InChI is InChI=1S/C16H17N3O3/c17-15(20)13-5-4-11(12-6-7-18-14(12)13)9-2-1-3-10(8-9)19-16(21)22/h4-8,10,18-19H,1-3H2,(H2,17,20)(H,21,22). The normalized spacial score (nSPS) is 18.0. The van der Waals surface area contributed by atoms with Gasteiger partial charge in [0.25, 0.3) is 5.91 Å². The van der Waals surface area contributed by atoms with Crippen LogP contribution in [0, 0.1) is 0 Å². The minimum absolute atomic E-state index is 0.175. The summed E-state index contributed by atoms with van der Waals surface area (Å²) in [6, 6.07) is 5.33. The quantitative estimate of drug-likeness (QED) is 0.699. The molecule has 0 saturated heterocycles. The molecule has 0 spiro atoms. The minimum atomic E-state index is -1.02. The highest BCUT2D eigenvalue weighted by Gasteiger charge is 2.19. The van der Waals surface area contributed by atoms with Gasteiger partial charge in [0.2, 0.25) is 0 Å². The van der Waals surface area contributed by atoms with Crippen LogP contribution in [0.2, 0.25) is 0 Å². The van der Waals surface area contributed by atoms with Crippen molar-refractivity contribution in [1.29, 1.82) is 0 Å². The maximum atomic E-state index is 11.5. The number of rotatable bonds is 3. The molecular formula is C16H17N3O3. The number of hydrogen-bond donors (Lipinski definition) is 4. The highest BCUT2D eigenvalue weighted by atomic mass is 16.4. The zero-order valence-electron chi connectivity index (χ0n) is 11.9. The lowest BCUT2D eigenvalue weighted by Gasteiger charge is -2.22. The van der Waals surface area contributed by atoms with E-state index >= 15 is 0 Å². The first-order valence-corrected chi connectivity index (χ1v) is 7.16. The van der Waals surface area contributed by atoms with Crippen molar-refractivity contribution in [1.82, 2.24) is 10.3 Å². The van der Waals surface area contributed by atoms with E-state index in [-0.39, 0.29) is 6.04 Å². The summed E-state index contributed by atoms with van der Waals surface area (Å²) in [6.07, 6.45) is 5.32. The maximum absolute atomic E-state index is 11.5. The van der Waals surface area contributed by atoms with Crippen LogP contribution in [0.3, 0.4) is 0 Å². The monoisotopic (exact) mass is 299 g/mol. The lowest BCUT2D eigenvalue weighted by Crippen LogP contribution is -2.33. The Morgan fingerprint density at radius 1 is 1.32 bits per heavy atom. The number of allylic oxidation sites excluding steroid dienone is 1. The molecule has 1 aliphatic rings. The lowest BCUT2D eigenvalue weighted by atomic mass is 9.89. The van der Waals surface area contributed by atoms with Crippen molar-refractivity contribution in [3.63, 3.8) is 0 Å². The summed E-state index contributed by atoms with van der Waals surface area (Å²) in [5, 5.41) is 12.3. The topological polar surface area (TPSA) is 108 Å². The zero-order chi connectivity index (χ0) is 15.7. The van der Waals surface area contributed by atoms with Gasteiger partial charge in [-0.1, -0.05) is 12.1 Å². The number of carboxylic acid groups (broad SMARTS) is 1. The van der Waals surface area contributed by atoms with Crippen molar-refractivity contribution in [2.45, 2.75) is 25.3 Å². The third-order valence-electron chi connectivity index (χ3n) is 4.01. The van der Waals surface area contributed by atoms with Gasteiger partial charge in [-0.25, -0.2) is 4.79 Å². The molecule has 5 N–H and O–H groups in total. The number of primary amides is 1. The molecule has 22 heavy (non-hydrogen) atoms. The van der Waals surface area contributed by atoms with Crippen LogP contribution in [0.5, 0.6) is 0 Å². The molecule has 6 heteroatoms. The fourth-order valence-electron chi connectivity index (χ4n) is 3.06. The maximum Gasteiger partial charge on any atom is 0.405 e. The van der Waals surface area contributed by atoms with Gasteiger partial charge in [0.15, 0.2) is 0 Å². The number of fused-ring (bicyclic) bond motifs is 1. The molecule has 0 bridgehead atoms. The van der Waals surface area contributed by atoms with Gasteiger partial charge in [-0.05, 0) is 42.5 Å². The second-order valence-corrected chi connectivity index (χ2v) is 5.43. The molecule has 1 atom stereocenters. The number of aromatic nitrogens is 1. The van der Waals surface area contributed by atoms with Crippen LogP contribution in [0.1, 0.15) is 35.2 Å². The fraction of sp³-hybridized carbons (Fsp3) is 0.250. The molecule has 3 rings (SSSR count). The zero-order valence-corrected chi connectivity index (χ0v) is 11.9. The predicted octanol–water partition coefficient (Wildman–Crippen LogP) is 2.47. The van der Waals surface area contributed by atoms with Crippen molar-refractivity contribution in [2.24, 2.45) is 5.73 Å². The highest BCUT2D eigenvalue weighted by molar-refractivity contribution is 6.07. The minimum Gasteiger partial charge on any atom is -0.465 e. The lowest BCUT2D eigenvalue weighted by molar-refractivity contribution is 0.100. The van der Waals surface area contributed by atoms with Gasteiger partial charge < -0.3 is 21.1 Å². The largest absolute Gasteiger partial charge is 0.465 e. The molecule has 0 aliphatic heterocycles. The third kappa shape index (κ3) is 2.55. The summed E-state index contributed by atoms with van der Waals surface area (Å²) in [5.74, 6) is -0.470. The van der Waals surface area contributed by atoms with Gasteiger partial charge >= 0.3 is 6.09 Å². The Bertz CT molecular complexity index is 776. The Morgan fingerprint density at radius 3 is 2.86 bits per heavy atom. The van der Waals surface area contributed by atoms with Gasteiger partial charge in [-0.3, -0.25) is 4.79 Å². The summed E-state index contributed by atoms with van der Waals surface area (Å²) < 4.78 is 0. The number of hydrogen-bond acceptors (Lipinski definition) is 2. The Hall–Kier alpha value is -2.76. The molecule has 1 aromatic carbocycles. The number of nitrogens with one attached hydrogen (secondary N) is 2. The van der Waals surface area contributed by atoms with E-state index in [4.69, 9.17) is 10.8 Å². The highest BCUT2D eigenvalue weighted by Crippen LogP contribution is 2.33. The van der Waals surface area contributed by atoms with Crippen molar-refractivity contribution >= 4 is 28.5 Å². The molecule has 114 valence electrons. The van der Waals surface area contributed by atoms with Crippen LogP contribution in [-0.2, 0) is 0 Å². The second-order valence-electron chi connectivity index (χ2n) is 5.43. The van der Waals surface area contributed by atoms with Gasteiger partial charge in [-0.2, -0.15) is 0 Å². The molecule has 6 nitrogen and oxygen atoms in total. The molecule has 0 saturated carbocycles. The summed E-state index contributed by atoms with van der Waals surface area (Å²) in [4.78, 5) is 25.3. The van der Waals surface area contributed by atoms with Gasteiger partial charge in [-0.15, -0.1) is 0 Å². The van der Waals surface area contributed by atoms with Crippen LogP contribution in [0.25, 0.3) is 16.5 Å². The van der Waals surface area contributed by atoms with Crippen molar-refractivity contribution in [3.05, 3.63) is 41.6 Å². The molecular weight excluding hydrogens is 282 g/mol. The molecule has 1 heterocycles. The van der Waals surface area contributed by atoms with E-state index in [1.54, 1.807) is 12.3 Å². The fourth-order valence-corrected chi connectivity index (χ4v) is 3.06. The van der Waals surface area contributed by atoms with E-state index in [2.05, 4.69) is 10.3 Å². The molecule has 1 aliphatic carbocycles. The van der Waals surface area contributed by atoms with E-state index < -0.39 is 12.0 Å². The van der Waals surface area contributed by atoms with E-state index in [0.717, 1.165) is 41.3 Å². The number of carbonyl (C=O) groups excluding carboxylic acids is 1. The number of aromatic amines is 1. The van der Waals surface area contributed by atoms with Gasteiger partial charge in [0.05, 0.1) is 17.1 Å². The Balaban J connectivity index is 2.05. The molecule has 1 aromatic heterocycles. The first kappa shape index (κ1) is 14.2. The van der Waals surface area contributed by atoms with Gasteiger partial charge in [0, 0.05) is 11.6 Å². The van der Waals surface area contributed by atoms with Crippen LogP contribution < -0.4 is 11.1 Å². The number of H-pyrrole nitrogens is 1. The summed E-state index contributed by atoms with van der Waals surface area (Å²) in [6.45, 7) is 0. The predicted molar refractivity (Wildman–Crippen MR) is 83.6 cm³/mol. The summed E-state index contributed by atoms with van der Waals surface area (Å²) >= 11 is 0. The molecule has 0 radical (unpaired) electrons. The van der Waals surface area contributed by atoms with Crippen molar-refractivity contribution < 1.29 is 14.7 Å². The van der Waals surface area contributed by atoms with E-state index in [1.165, 1.54) is 0 Å². The van der Waals surface area contributed by atoms with E-state index in [1.807, 2.05) is 18.2 Å². The second kappa shape index (κ2) is 5.55. The molecule has 1 unspecified atom stereocenters. The van der Waals surface area contributed by atoms with Gasteiger partial charge in [0.1, 0.15) is 0 Å². The molecule has 0 fully saturated rings. The molecule has 2 amide bonds. The number of amides is 2. The average molecular weight is 299 g/mol. The third-order valence-corrected chi connectivity index (χ3v) is 4.01. The number of carbonyl (C=O) groups is 2. The summed E-state index contributed by atoms with van der Waals surface area (Å²) in [7, 11) is 0. The summed E-state index contributed by atoms with van der Waals surface area (Å²) in [5.41, 5.74) is 8.68. The Kier molecular flexibility index (Phi) is 3.58.